The third kappa shape index (κ3) is 4.76. The molecule has 3 aromatic rings. The van der Waals surface area contributed by atoms with Crippen LogP contribution in [0.2, 0.25) is 0 Å². The Bertz CT molecular complexity index is 984. The summed E-state index contributed by atoms with van der Waals surface area (Å²) in [5.41, 5.74) is 1.47. The monoisotopic (exact) mass is 390 g/mol. The van der Waals surface area contributed by atoms with Crippen LogP contribution in [0.3, 0.4) is 0 Å². The Morgan fingerprint density at radius 2 is 2.00 bits per heavy atom. The fourth-order valence-corrected chi connectivity index (χ4v) is 2.52. The fraction of sp³-hybridized carbons (Fsp3) is 0.167. The number of aromatic amines is 1. The van der Waals surface area contributed by atoms with E-state index in [2.05, 4.69) is 20.0 Å². The molecule has 9 heteroatoms. The zero-order chi connectivity index (χ0) is 19.2. The van der Waals surface area contributed by atoms with Gasteiger partial charge in [-0.2, -0.15) is 23.7 Å². The Labute approximate surface area is 159 Å². The normalized spacial score (nSPS) is 11.3. The highest BCUT2D eigenvalue weighted by Crippen LogP contribution is 2.22. The van der Waals surface area contributed by atoms with E-state index in [4.69, 9.17) is 17.0 Å². The van der Waals surface area contributed by atoms with Crippen LogP contribution >= 0.6 is 12.2 Å². The summed E-state index contributed by atoms with van der Waals surface area (Å²) >= 11 is 5.24. The molecule has 0 spiro atoms. The summed E-state index contributed by atoms with van der Waals surface area (Å²) in [4.78, 5) is 0. The molecular formula is C18H16F2N4O2S. The van der Waals surface area contributed by atoms with E-state index in [1.165, 1.54) is 16.8 Å². The maximum Gasteiger partial charge on any atom is 0.387 e. The second-order valence-corrected chi connectivity index (χ2v) is 5.70. The van der Waals surface area contributed by atoms with E-state index < -0.39 is 6.61 Å². The van der Waals surface area contributed by atoms with Crippen molar-refractivity contribution >= 4 is 18.4 Å². The summed E-state index contributed by atoms with van der Waals surface area (Å²) in [7, 11) is 0. The molecule has 1 heterocycles. The molecular weight excluding hydrogens is 374 g/mol. The number of nitrogens with zero attached hydrogens (tertiary/aromatic N) is 3. The predicted molar refractivity (Wildman–Crippen MR) is 100 cm³/mol. The second-order valence-electron chi connectivity index (χ2n) is 5.32. The number of H-pyrrole nitrogens is 1. The van der Waals surface area contributed by atoms with E-state index in [9.17, 15) is 8.78 Å². The van der Waals surface area contributed by atoms with Crippen LogP contribution in [0.1, 0.15) is 12.5 Å². The molecule has 27 heavy (non-hydrogen) atoms. The summed E-state index contributed by atoms with van der Waals surface area (Å²) in [5, 5.41) is 11.3. The van der Waals surface area contributed by atoms with Gasteiger partial charge in [-0.05, 0) is 61.1 Å². The first-order valence-electron chi connectivity index (χ1n) is 8.06. The highest BCUT2D eigenvalue weighted by atomic mass is 32.1. The van der Waals surface area contributed by atoms with Crippen molar-refractivity contribution in [3.63, 3.8) is 0 Å². The number of hydrogen-bond donors (Lipinski definition) is 1. The third-order valence-corrected chi connectivity index (χ3v) is 3.75. The van der Waals surface area contributed by atoms with Crippen molar-refractivity contribution in [3.8, 4) is 22.9 Å². The van der Waals surface area contributed by atoms with Crippen molar-refractivity contribution in [1.82, 2.24) is 14.9 Å². The lowest BCUT2D eigenvalue weighted by atomic mass is 10.2. The average Bonchev–Trinajstić information content (AvgIpc) is 3.02. The molecule has 1 aromatic heterocycles. The van der Waals surface area contributed by atoms with Crippen LogP contribution < -0.4 is 9.47 Å². The van der Waals surface area contributed by atoms with Gasteiger partial charge in [-0.3, -0.25) is 0 Å². The standard InChI is InChI=1S/C18H16F2N4O2S/c1-2-25-15-5-3-4-13(10-15)16-22-23-18(27)24(16)21-11-12-6-8-14(9-7-12)26-17(19)20/h3-11,17H,2H2,1H3,(H,23,27)/b21-11-. The van der Waals surface area contributed by atoms with Crippen LogP contribution in [-0.4, -0.2) is 34.3 Å². The Balaban J connectivity index is 1.86. The van der Waals surface area contributed by atoms with E-state index in [1.54, 1.807) is 18.3 Å². The van der Waals surface area contributed by atoms with Crippen LogP contribution in [0.4, 0.5) is 8.78 Å². The highest BCUT2D eigenvalue weighted by molar-refractivity contribution is 7.71. The first kappa shape index (κ1) is 18.7. The first-order valence-corrected chi connectivity index (χ1v) is 8.47. The number of ether oxygens (including phenoxy) is 2. The lowest BCUT2D eigenvalue weighted by molar-refractivity contribution is -0.0498. The van der Waals surface area contributed by atoms with Gasteiger partial charge in [-0.1, -0.05) is 12.1 Å². The van der Waals surface area contributed by atoms with Crippen LogP contribution in [0.15, 0.2) is 53.6 Å². The summed E-state index contributed by atoms with van der Waals surface area (Å²) < 4.78 is 36.0. The second kappa shape index (κ2) is 8.54. The molecule has 0 saturated carbocycles. The Morgan fingerprint density at radius 3 is 2.70 bits per heavy atom. The number of benzene rings is 2. The van der Waals surface area contributed by atoms with Crippen LogP contribution in [0.5, 0.6) is 11.5 Å². The van der Waals surface area contributed by atoms with Gasteiger partial charge in [0, 0.05) is 5.56 Å². The van der Waals surface area contributed by atoms with Gasteiger partial charge in [0.1, 0.15) is 11.5 Å². The van der Waals surface area contributed by atoms with Gasteiger partial charge >= 0.3 is 6.61 Å². The van der Waals surface area contributed by atoms with Gasteiger partial charge < -0.3 is 9.47 Å². The van der Waals surface area contributed by atoms with Crippen LogP contribution in [-0.2, 0) is 0 Å². The predicted octanol–water partition coefficient (Wildman–Crippen LogP) is 4.49. The number of rotatable bonds is 7. The maximum absolute atomic E-state index is 12.2. The minimum atomic E-state index is -2.86. The highest BCUT2D eigenvalue weighted by Gasteiger charge is 2.09. The van der Waals surface area contributed by atoms with Crippen molar-refractivity contribution in [1.29, 1.82) is 0 Å². The van der Waals surface area contributed by atoms with Crippen LogP contribution in [0.25, 0.3) is 11.4 Å². The average molecular weight is 390 g/mol. The van der Waals surface area contributed by atoms with Crippen molar-refractivity contribution in [2.45, 2.75) is 13.5 Å². The molecule has 3 rings (SSSR count). The number of aromatic nitrogens is 3. The molecule has 0 radical (unpaired) electrons. The van der Waals surface area contributed by atoms with E-state index in [1.807, 2.05) is 31.2 Å². The Morgan fingerprint density at radius 1 is 1.22 bits per heavy atom. The van der Waals surface area contributed by atoms with Gasteiger partial charge in [-0.15, -0.1) is 0 Å². The molecule has 0 bridgehead atoms. The van der Waals surface area contributed by atoms with E-state index >= 15 is 0 Å². The van der Waals surface area contributed by atoms with Crippen molar-refractivity contribution in [3.05, 3.63) is 58.9 Å². The zero-order valence-corrected chi connectivity index (χ0v) is 15.1. The van der Waals surface area contributed by atoms with Crippen molar-refractivity contribution < 1.29 is 18.3 Å². The largest absolute Gasteiger partial charge is 0.494 e. The molecule has 0 aliphatic carbocycles. The van der Waals surface area contributed by atoms with Crippen molar-refractivity contribution in [2.75, 3.05) is 6.61 Å². The molecule has 6 nitrogen and oxygen atoms in total. The third-order valence-electron chi connectivity index (χ3n) is 3.48. The lowest BCUT2D eigenvalue weighted by Crippen LogP contribution is -2.01. The topological polar surface area (TPSA) is 64.4 Å². The Hall–Kier alpha value is -3.07. The van der Waals surface area contributed by atoms with Gasteiger partial charge in [0.25, 0.3) is 0 Å². The molecule has 0 aliphatic rings. The molecule has 1 N–H and O–H groups in total. The van der Waals surface area contributed by atoms with Gasteiger partial charge in [-0.25, -0.2) is 5.10 Å². The van der Waals surface area contributed by atoms with Crippen LogP contribution in [0, 0.1) is 4.77 Å². The molecule has 0 saturated heterocycles. The molecule has 2 aromatic carbocycles. The smallest absolute Gasteiger partial charge is 0.387 e. The van der Waals surface area contributed by atoms with Gasteiger partial charge in [0.2, 0.25) is 4.77 Å². The maximum atomic E-state index is 12.2. The number of halogens is 2. The van der Waals surface area contributed by atoms with Crippen molar-refractivity contribution in [2.24, 2.45) is 5.10 Å². The summed E-state index contributed by atoms with van der Waals surface area (Å²) in [6.45, 7) is -0.395. The number of nitrogens with one attached hydrogen (secondary N) is 1. The lowest BCUT2D eigenvalue weighted by Gasteiger charge is -2.06. The number of hydrogen-bond acceptors (Lipinski definition) is 5. The summed E-state index contributed by atoms with van der Waals surface area (Å²) in [6, 6.07) is 13.5. The van der Waals surface area contributed by atoms with E-state index in [-0.39, 0.29) is 5.75 Å². The fourth-order valence-electron chi connectivity index (χ4n) is 2.34. The quantitative estimate of drug-likeness (QED) is 0.477. The summed E-state index contributed by atoms with van der Waals surface area (Å²) in [6.07, 6.45) is 1.55. The molecule has 0 fully saturated rings. The molecule has 0 amide bonds. The minimum absolute atomic E-state index is 0.0792. The molecule has 140 valence electrons. The zero-order valence-electron chi connectivity index (χ0n) is 14.3. The number of alkyl halides is 2. The van der Waals surface area contributed by atoms with E-state index in [0.29, 0.717) is 28.5 Å². The molecule has 0 unspecified atom stereocenters. The van der Waals surface area contributed by atoms with Gasteiger partial charge in [0.05, 0.1) is 12.8 Å². The first-order chi connectivity index (χ1) is 13.1. The SMILES string of the molecule is CCOc1cccc(-c2n[nH]c(=S)n2/N=C\c2ccc(OC(F)F)cc2)c1. The Kier molecular flexibility index (Phi) is 5.92. The van der Waals surface area contributed by atoms with Gasteiger partial charge in [0.15, 0.2) is 5.82 Å². The minimum Gasteiger partial charge on any atom is -0.494 e. The molecule has 0 aliphatic heterocycles. The van der Waals surface area contributed by atoms with E-state index in [0.717, 1.165) is 5.56 Å². The summed E-state index contributed by atoms with van der Waals surface area (Å²) in [5.74, 6) is 1.32. The molecule has 0 atom stereocenters.